The molecule has 0 aliphatic heterocycles. The van der Waals surface area contributed by atoms with Crippen molar-refractivity contribution in [1.29, 1.82) is 0 Å². The summed E-state index contributed by atoms with van der Waals surface area (Å²) in [6, 6.07) is 0. The third-order valence-corrected chi connectivity index (χ3v) is 2.17. The molecule has 0 amide bonds. The van der Waals surface area contributed by atoms with E-state index in [0.29, 0.717) is 0 Å². The first-order valence-electron chi connectivity index (χ1n) is 5.52. The van der Waals surface area contributed by atoms with Crippen LogP contribution < -0.4 is 12.3 Å². The standard InChI is InChI=1S/C10H16N2O8.Mn.2H3N/c13-7(14)3-11(4-8(15)16)1-2-12(5-9(17)18)6-10(19)20;;;/h1-6H2,(H,13,14)(H,15,16)(H,17,18)(H,19,20);;2*1H3/q;+2;;/p+2. The molecule has 0 aromatic rings. The van der Waals surface area contributed by atoms with Gasteiger partial charge < -0.3 is 32.7 Å². The predicted octanol–water partition coefficient (Wildman–Crippen LogP) is -1.32. The molecule has 0 unspecified atom stereocenters. The maximum atomic E-state index is 10.6. The van der Waals surface area contributed by atoms with Crippen LogP contribution in [0.15, 0.2) is 0 Å². The van der Waals surface area contributed by atoms with Crippen LogP contribution in [0.2, 0.25) is 0 Å². The average Bonchev–Trinajstić information content (AvgIpc) is 2.22. The second-order valence-electron chi connectivity index (χ2n) is 4.00. The maximum absolute atomic E-state index is 10.6. The van der Waals surface area contributed by atoms with Gasteiger partial charge in [-0.05, 0) is 0 Å². The quantitative estimate of drug-likeness (QED) is 0.230. The molecular weight excluding hydrogens is 359 g/mol. The minimum atomic E-state index is -1.23. The molecule has 0 aliphatic rings. The second kappa shape index (κ2) is 15.1. The van der Waals surface area contributed by atoms with Gasteiger partial charge in [0.1, 0.15) is 0 Å². The number of carboxylic acid groups (broad SMARTS) is 4. The van der Waals surface area contributed by atoms with Crippen molar-refractivity contribution in [3.05, 3.63) is 0 Å². The molecule has 13 heteroatoms. The fraction of sp³-hybridized carbons (Fsp3) is 0.600. The Balaban J connectivity index is -0.000000602. The molecule has 12 nitrogen and oxygen atoms in total. The normalized spacial score (nSPS) is 9.30. The molecule has 0 fully saturated rings. The summed E-state index contributed by atoms with van der Waals surface area (Å²) in [5, 5.41) is 34.5. The first-order valence-corrected chi connectivity index (χ1v) is 5.52. The topological polar surface area (TPSA) is 229 Å². The fourth-order valence-corrected chi connectivity index (χ4v) is 1.48. The first kappa shape index (κ1) is 29.3. The fourth-order valence-electron chi connectivity index (χ4n) is 1.48. The molecule has 0 bridgehead atoms. The van der Waals surface area contributed by atoms with E-state index in [0.717, 1.165) is 9.80 Å². The van der Waals surface area contributed by atoms with Crippen molar-refractivity contribution in [3.63, 3.8) is 0 Å². The van der Waals surface area contributed by atoms with Gasteiger partial charge in [-0.3, -0.25) is 29.0 Å². The molecule has 0 aromatic carbocycles. The van der Waals surface area contributed by atoms with Crippen LogP contribution in [0.5, 0.6) is 0 Å². The SMILES string of the molecule is O=C(O)CN(CCN(CC(=O)O)CC(=O)O)CC(=O)O.[Mn+2].[NH4+].[NH4+]. The van der Waals surface area contributed by atoms with Gasteiger partial charge >= 0.3 is 40.9 Å². The van der Waals surface area contributed by atoms with Gasteiger partial charge in [0.05, 0.1) is 26.2 Å². The monoisotopic (exact) mass is 383 g/mol. The van der Waals surface area contributed by atoms with Gasteiger partial charge in [0, 0.05) is 13.1 Å². The van der Waals surface area contributed by atoms with Crippen LogP contribution in [0.25, 0.3) is 0 Å². The van der Waals surface area contributed by atoms with Gasteiger partial charge in [-0.15, -0.1) is 0 Å². The van der Waals surface area contributed by atoms with E-state index in [9.17, 15) is 19.2 Å². The van der Waals surface area contributed by atoms with Crippen molar-refractivity contribution in [2.75, 3.05) is 39.3 Å². The summed E-state index contributed by atoms with van der Waals surface area (Å²) in [5.41, 5.74) is 0. The Morgan fingerprint density at radius 3 is 0.870 bits per heavy atom. The molecule has 0 spiro atoms. The van der Waals surface area contributed by atoms with Crippen molar-refractivity contribution in [2.45, 2.75) is 0 Å². The van der Waals surface area contributed by atoms with Crippen molar-refractivity contribution < 1.29 is 56.7 Å². The molecule has 135 valence electrons. The van der Waals surface area contributed by atoms with Crippen LogP contribution in [0.3, 0.4) is 0 Å². The van der Waals surface area contributed by atoms with Crippen molar-refractivity contribution in [1.82, 2.24) is 22.1 Å². The molecule has 0 saturated carbocycles. The third kappa shape index (κ3) is 18.2. The predicted molar refractivity (Wildman–Crippen MR) is 75.4 cm³/mol. The molecule has 0 rings (SSSR count). The number of hydrogen-bond donors (Lipinski definition) is 6. The van der Waals surface area contributed by atoms with E-state index in [2.05, 4.69) is 0 Å². The van der Waals surface area contributed by atoms with E-state index >= 15 is 0 Å². The number of hydrogen-bond acceptors (Lipinski definition) is 6. The van der Waals surface area contributed by atoms with E-state index in [1.54, 1.807) is 0 Å². The zero-order chi connectivity index (χ0) is 15.7. The molecule has 12 N–H and O–H groups in total. The molecule has 0 saturated heterocycles. The molecule has 0 atom stereocenters. The number of aliphatic carboxylic acids is 4. The van der Waals surface area contributed by atoms with E-state index in [1.807, 2.05) is 0 Å². The van der Waals surface area contributed by atoms with Crippen molar-refractivity contribution in [2.24, 2.45) is 0 Å². The molecule has 1 radical (unpaired) electrons. The number of rotatable bonds is 11. The smallest absolute Gasteiger partial charge is 0.480 e. The maximum Gasteiger partial charge on any atom is 2.00 e. The Morgan fingerprint density at radius 2 is 0.739 bits per heavy atom. The Morgan fingerprint density at radius 1 is 0.565 bits per heavy atom. The van der Waals surface area contributed by atoms with E-state index < -0.39 is 50.1 Å². The molecular formula is C10H24MnN4O8+4. The van der Waals surface area contributed by atoms with Gasteiger partial charge in [0.25, 0.3) is 0 Å². The van der Waals surface area contributed by atoms with Gasteiger partial charge in [-0.2, -0.15) is 0 Å². The summed E-state index contributed by atoms with van der Waals surface area (Å²) in [4.78, 5) is 44.4. The summed E-state index contributed by atoms with van der Waals surface area (Å²) >= 11 is 0. The first-order chi connectivity index (χ1) is 9.20. The zero-order valence-electron chi connectivity index (χ0n) is 12.9. The Bertz CT molecular complexity index is 327. The molecule has 0 aliphatic carbocycles. The van der Waals surface area contributed by atoms with Crippen LogP contribution in [-0.4, -0.2) is 93.4 Å². The minimum absolute atomic E-state index is 0. The second-order valence-corrected chi connectivity index (χ2v) is 4.00. The zero-order valence-corrected chi connectivity index (χ0v) is 14.1. The summed E-state index contributed by atoms with van der Waals surface area (Å²) in [7, 11) is 0. The number of carbonyl (C=O) groups is 4. The van der Waals surface area contributed by atoms with E-state index in [4.69, 9.17) is 20.4 Å². The minimum Gasteiger partial charge on any atom is -0.480 e. The largest absolute Gasteiger partial charge is 2.00 e. The van der Waals surface area contributed by atoms with Gasteiger partial charge in [0.2, 0.25) is 0 Å². The summed E-state index contributed by atoms with van der Waals surface area (Å²) in [5.74, 6) is -4.91. The molecule has 23 heavy (non-hydrogen) atoms. The Hall–Kier alpha value is -1.76. The van der Waals surface area contributed by atoms with Crippen molar-refractivity contribution >= 4 is 23.9 Å². The summed E-state index contributed by atoms with van der Waals surface area (Å²) < 4.78 is 0. The van der Waals surface area contributed by atoms with Gasteiger partial charge in [0.15, 0.2) is 0 Å². The third-order valence-electron chi connectivity index (χ3n) is 2.17. The average molecular weight is 383 g/mol. The van der Waals surface area contributed by atoms with Crippen LogP contribution in [0.4, 0.5) is 0 Å². The van der Waals surface area contributed by atoms with Crippen LogP contribution in [-0.2, 0) is 36.2 Å². The van der Waals surface area contributed by atoms with E-state index in [1.165, 1.54) is 0 Å². The Labute approximate surface area is 142 Å². The van der Waals surface area contributed by atoms with Crippen molar-refractivity contribution in [3.8, 4) is 0 Å². The molecule has 0 heterocycles. The van der Waals surface area contributed by atoms with Crippen LogP contribution >= 0.6 is 0 Å². The number of quaternary nitrogens is 2. The van der Waals surface area contributed by atoms with Crippen LogP contribution in [0.1, 0.15) is 0 Å². The summed E-state index contributed by atoms with van der Waals surface area (Å²) in [6.45, 7) is -2.25. The Kier molecular flexibility index (Phi) is 19.3. The van der Waals surface area contributed by atoms with Gasteiger partial charge in [-0.25, -0.2) is 0 Å². The van der Waals surface area contributed by atoms with Crippen LogP contribution in [0, 0.1) is 0 Å². The summed E-state index contributed by atoms with van der Waals surface area (Å²) in [6.07, 6.45) is 0. The van der Waals surface area contributed by atoms with Gasteiger partial charge in [-0.1, -0.05) is 0 Å². The van der Waals surface area contributed by atoms with E-state index in [-0.39, 0.29) is 42.5 Å². The number of carboxylic acids is 4. The molecule has 0 aromatic heterocycles. The number of nitrogens with zero attached hydrogens (tertiary/aromatic N) is 2.